The molecular formula is C18H11Br2ClN4. The van der Waals surface area contributed by atoms with E-state index in [1.807, 2.05) is 37.3 Å². The van der Waals surface area contributed by atoms with Crippen molar-refractivity contribution in [2.75, 3.05) is 0 Å². The number of aromatic nitrogens is 4. The highest BCUT2D eigenvalue weighted by Crippen LogP contribution is 2.30. The molecule has 4 rings (SSSR count). The zero-order valence-corrected chi connectivity index (χ0v) is 16.9. The van der Waals surface area contributed by atoms with E-state index in [-0.39, 0.29) is 0 Å². The van der Waals surface area contributed by atoms with Gasteiger partial charge in [-0.3, -0.25) is 9.97 Å². The Morgan fingerprint density at radius 1 is 1.04 bits per heavy atom. The summed E-state index contributed by atoms with van der Waals surface area (Å²) < 4.78 is 1.90. The molecule has 0 spiro atoms. The molecule has 0 amide bonds. The van der Waals surface area contributed by atoms with Crippen molar-refractivity contribution in [1.29, 1.82) is 0 Å². The Labute approximate surface area is 165 Å². The standard InChI is InChI=1S/C18H11Br2ClN4/c1-9-4-13(21)16(23-7-9)10-2-3-14(22-8-10)18-24-15-6-11(19)5-12(20)17(15)25-18/h2-8H,1H3,(H,24,25). The van der Waals surface area contributed by atoms with Crippen LogP contribution in [0.15, 0.2) is 51.7 Å². The summed E-state index contributed by atoms with van der Waals surface area (Å²) in [7, 11) is 0. The summed E-state index contributed by atoms with van der Waals surface area (Å²) in [6, 6.07) is 9.71. The Balaban J connectivity index is 1.74. The quantitative estimate of drug-likeness (QED) is 0.375. The Morgan fingerprint density at radius 3 is 2.60 bits per heavy atom. The van der Waals surface area contributed by atoms with Gasteiger partial charge < -0.3 is 4.98 Å². The number of H-pyrrole nitrogens is 1. The first-order valence-corrected chi connectivity index (χ1v) is 9.41. The Kier molecular flexibility index (Phi) is 4.35. The monoisotopic (exact) mass is 476 g/mol. The van der Waals surface area contributed by atoms with Gasteiger partial charge in [0.05, 0.1) is 16.2 Å². The third kappa shape index (κ3) is 3.21. The number of fused-ring (bicyclic) bond motifs is 1. The summed E-state index contributed by atoms with van der Waals surface area (Å²) in [5, 5.41) is 0.618. The van der Waals surface area contributed by atoms with Crippen LogP contribution in [0.5, 0.6) is 0 Å². The second-order valence-electron chi connectivity index (χ2n) is 5.64. The summed E-state index contributed by atoms with van der Waals surface area (Å²) in [6.07, 6.45) is 3.56. The van der Waals surface area contributed by atoms with E-state index in [1.165, 1.54) is 0 Å². The van der Waals surface area contributed by atoms with Gasteiger partial charge in [-0.1, -0.05) is 27.5 Å². The fraction of sp³-hybridized carbons (Fsp3) is 0.0556. The summed E-state index contributed by atoms with van der Waals surface area (Å²) in [5.41, 5.74) is 5.18. The van der Waals surface area contributed by atoms with Crippen LogP contribution in [-0.4, -0.2) is 19.9 Å². The van der Waals surface area contributed by atoms with Gasteiger partial charge in [-0.05, 0) is 58.7 Å². The first kappa shape index (κ1) is 16.7. The molecule has 0 saturated heterocycles. The number of pyridine rings is 2. The van der Waals surface area contributed by atoms with Gasteiger partial charge >= 0.3 is 0 Å². The van der Waals surface area contributed by atoms with E-state index >= 15 is 0 Å². The van der Waals surface area contributed by atoms with E-state index in [1.54, 1.807) is 12.4 Å². The van der Waals surface area contributed by atoms with Crippen LogP contribution in [0.25, 0.3) is 33.8 Å². The van der Waals surface area contributed by atoms with Crippen LogP contribution in [0.2, 0.25) is 5.02 Å². The molecule has 0 fully saturated rings. The molecule has 1 N–H and O–H groups in total. The molecule has 1 aromatic carbocycles. The summed E-state index contributed by atoms with van der Waals surface area (Å²) >= 11 is 13.3. The van der Waals surface area contributed by atoms with Gasteiger partial charge in [0.25, 0.3) is 0 Å². The molecule has 25 heavy (non-hydrogen) atoms. The summed E-state index contributed by atoms with van der Waals surface area (Å²) in [5.74, 6) is 0.711. The number of hydrogen-bond acceptors (Lipinski definition) is 3. The van der Waals surface area contributed by atoms with Crippen molar-refractivity contribution in [3.05, 3.63) is 62.3 Å². The van der Waals surface area contributed by atoms with Gasteiger partial charge in [0.1, 0.15) is 11.2 Å². The second-order valence-corrected chi connectivity index (χ2v) is 7.82. The average Bonchev–Trinajstić information content (AvgIpc) is 2.99. The molecule has 7 heteroatoms. The fourth-order valence-electron chi connectivity index (χ4n) is 2.58. The minimum atomic E-state index is 0.618. The molecule has 3 aromatic heterocycles. The zero-order chi connectivity index (χ0) is 17.6. The van der Waals surface area contributed by atoms with Gasteiger partial charge in [0.2, 0.25) is 0 Å². The van der Waals surface area contributed by atoms with E-state index < -0.39 is 0 Å². The number of rotatable bonds is 2. The van der Waals surface area contributed by atoms with Gasteiger partial charge in [0, 0.05) is 26.9 Å². The third-order valence-corrected chi connectivity index (χ3v) is 5.11. The molecular weight excluding hydrogens is 467 g/mol. The molecule has 0 radical (unpaired) electrons. The maximum absolute atomic E-state index is 6.29. The Morgan fingerprint density at radius 2 is 1.88 bits per heavy atom. The van der Waals surface area contributed by atoms with Crippen molar-refractivity contribution in [3.63, 3.8) is 0 Å². The Bertz CT molecular complexity index is 1090. The van der Waals surface area contributed by atoms with Crippen molar-refractivity contribution in [2.24, 2.45) is 0 Å². The lowest BCUT2D eigenvalue weighted by Crippen LogP contribution is -1.90. The number of aromatic amines is 1. The number of halogens is 3. The van der Waals surface area contributed by atoms with Crippen molar-refractivity contribution < 1.29 is 0 Å². The van der Waals surface area contributed by atoms with Gasteiger partial charge in [-0.15, -0.1) is 0 Å². The molecule has 0 aliphatic carbocycles. The molecule has 0 saturated carbocycles. The minimum Gasteiger partial charge on any atom is -0.337 e. The van der Waals surface area contributed by atoms with E-state index in [2.05, 4.69) is 51.8 Å². The van der Waals surface area contributed by atoms with Crippen LogP contribution < -0.4 is 0 Å². The first-order chi connectivity index (χ1) is 12.0. The zero-order valence-electron chi connectivity index (χ0n) is 13.0. The first-order valence-electron chi connectivity index (χ1n) is 7.45. The maximum atomic E-state index is 6.29. The highest BCUT2D eigenvalue weighted by Gasteiger charge is 2.11. The van der Waals surface area contributed by atoms with E-state index in [0.29, 0.717) is 10.8 Å². The average molecular weight is 479 g/mol. The number of nitrogens with one attached hydrogen (secondary N) is 1. The predicted molar refractivity (Wildman–Crippen MR) is 108 cm³/mol. The van der Waals surface area contributed by atoms with E-state index in [4.69, 9.17) is 11.6 Å². The van der Waals surface area contributed by atoms with Crippen LogP contribution in [0, 0.1) is 6.92 Å². The van der Waals surface area contributed by atoms with Crippen LogP contribution in [0.4, 0.5) is 0 Å². The number of hydrogen-bond donors (Lipinski definition) is 1. The molecule has 0 atom stereocenters. The van der Waals surface area contributed by atoms with Crippen LogP contribution in [0.1, 0.15) is 5.56 Å². The fourth-order valence-corrected chi connectivity index (χ4v) is 4.23. The van der Waals surface area contributed by atoms with Crippen LogP contribution >= 0.6 is 43.5 Å². The van der Waals surface area contributed by atoms with Crippen molar-refractivity contribution in [1.82, 2.24) is 19.9 Å². The smallest absolute Gasteiger partial charge is 0.157 e. The third-order valence-electron chi connectivity index (χ3n) is 3.76. The minimum absolute atomic E-state index is 0.618. The molecule has 0 aliphatic rings. The highest BCUT2D eigenvalue weighted by atomic mass is 79.9. The predicted octanol–water partition coefficient (Wildman–Crippen LogP) is 6.17. The maximum Gasteiger partial charge on any atom is 0.157 e. The van der Waals surface area contributed by atoms with E-state index in [0.717, 1.165) is 42.5 Å². The molecule has 4 nitrogen and oxygen atoms in total. The molecule has 0 unspecified atom stereocenters. The topological polar surface area (TPSA) is 54.5 Å². The second kappa shape index (κ2) is 6.52. The lowest BCUT2D eigenvalue weighted by atomic mass is 10.1. The molecule has 3 heterocycles. The lowest BCUT2D eigenvalue weighted by molar-refractivity contribution is 1.22. The summed E-state index contributed by atoms with van der Waals surface area (Å²) in [6.45, 7) is 1.96. The largest absolute Gasteiger partial charge is 0.337 e. The molecule has 124 valence electrons. The lowest BCUT2D eigenvalue weighted by Gasteiger charge is -2.04. The van der Waals surface area contributed by atoms with Crippen molar-refractivity contribution in [3.8, 4) is 22.8 Å². The Hall–Kier alpha value is -1.76. The van der Waals surface area contributed by atoms with Gasteiger partial charge in [-0.2, -0.15) is 0 Å². The molecule has 0 aliphatic heterocycles. The van der Waals surface area contributed by atoms with Crippen LogP contribution in [0.3, 0.4) is 0 Å². The number of benzene rings is 1. The summed E-state index contributed by atoms with van der Waals surface area (Å²) in [4.78, 5) is 16.8. The number of aryl methyl sites for hydroxylation is 1. The normalized spacial score (nSPS) is 11.2. The number of nitrogens with zero attached hydrogens (tertiary/aromatic N) is 3. The number of imidazole rings is 1. The van der Waals surface area contributed by atoms with Crippen LogP contribution in [-0.2, 0) is 0 Å². The van der Waals surface area contributed by atoms with Gasteiger partial charge in [0.15, 0.2) is 5.82 Å². The molecule has 4 aromatic rings. The van der Waals surface area contributed by atoms with Crippen molar-refractivity contribution >= 4 is 54.5 Å². The van der Waals surface area contributed by atoms with Crippen molar-refractivity contribution in [2.45, 2.75) is 6.92 Å². The van der Waals surface area contributed by atoms with Gasteiger partial charge in [-0.25, -0.2) is 4.98 Å². The van der Waals surface area contributed by atoms with E-state index in [9.17, 15) is 0 Å². The molecule has 0 bridgehead atoms. The SMILES string of the molecule is Cc1cnc(-c2ccc(-c3nc4c(Br)cc(Br)cc4[nH]3)nc2)c(Cl)c1. The highest BCUT2D eigenvalue weighted by molar-refractivity contribution is 9.11.